The zero-order valence-corrected chi connectivity index (χ0v) is 17.7. The number of nitro groups is 1. The number of nitro benzene ring substituents is 1. The normalized spacial score (nSPS) is 11.0. The van der Waals surface area contributed by atoms with Crippen molar-refractivity contribution in [2.75, 3.05) is 12.3 Å². The Morgan fingerprint density at radius 2 is 2.09 bits per heavy atom. The first kappa shape index (κ1) is 22.1. The summed E-state index contributed by atoms with van der Waals surface area (Å²) < 4.78 is 11.4. The van der Waals surface area contributed by atoms with Gasteiger partial charge in [-0.2, -0.15) is 9.78 Å². The van der Waals surface area contributed by atoms with Gasteiger partial charge in [0, 0.05) is 17.7 Å². The van der Waals surface area contributed by atoms with E-state index in [1.54, 1.807) is 24.3 Å². The summed E-state index contributed by atoms with van der Waals surface area (Å²) in [7, 11) is 0. The molecule has 0 aliphatic carbocycles. The van der Waals surface area contributed by atoms with E-state index in [0.29, 0.717) is 23.5 Å². The number of hydrogen-bond donors (Lipinski definition) is 2. The summed E-state index contributed by atoms with van der Waals surface area (Å²) in [6.07, 6.45) is 1.33. The number of carbonyl (C=O) groups excluding carboxylic acids is 1. The Morgan fingerprint density at radius 3 is 2.76 bits per heavy atom. The number of rotatable bonds is 8. The second-order valence-corrected chi connectivity index (χ2v) is 6.68. The molecule has 2 heterocycles. The van der Waals surface area contributed by atoms with Crippen molar-refractivity contribution in [3.63, 3.8) is 0 Å². The van der Waals surface area contributed by atoms with Gasteiger partial charge in [0.2, 0.25) is 11.6 Å². The Bertz CT molecular complexity index is 1360. The number of amides is 1. The van der Waals surface area contributed by atoms with Crippen molar-refractivity contribution in [1.82, 2.24) is 30.7 Å². The molecule has 14 nitrogen and oxygen atoms in total. The van der Waals surface area contributed by atoms with Gasteiger partial charge < -0.3 is 10.5 Å². The molecule has 0 spiro atoms. The number of benzene rings is 2. The fourth-order valence-electron chi connectivity index (χ4n) is 2.98. The van der Waals surface area contributed by atoms with Crippen LogP contribution < -0.4 is 15.9 Å². The largest absolute Gasteiger partial charge is 0.494 e. The molecule has 0 radical (unpaired) electrons. The third-order valence-electron chi connectivity index (χ3n) is 4.48. The van der Waals surface area contributed by atoms with E-state index in [2.05, 4.69) is 35.8 Å². The highest BCUT2D eigenvalue weighted by Crippen LogP contribution is 2.29. The highest BCUT2D eigenvalue weighted by Gasteiger charge is 2.25. The van der Waals surface area contributed by atoms with Crippen molar-refractivity contribution in [2.24, 2.45) is 5.10 Å². The SMILES string of the molecule is CCOc1cccc(-c2c(C(=O)N/N=C/c3ccc([N+](=O)[O-])cc3)nnn2-c2nonc2N)c1. The molecule has 0 aliphatic heterocycles. The quantitative estimate of drug-likeness (QED) is 0.222. The number of hydrogen-bond acceptors (Lipinski definition) is 11. The van der Waals surface area contributed by atoms with E-state index in [0.717, 1.165) is 0 Å². The van der Waals surface area contributed by atoms with Crippen molar-refractivity contribution in [2.45, 2.75) is 6.92 Å². The predicted molar refractivity (Wildman–Crippen MR) is 118 cm³/mol. The summed E-state index contributed by atoms with van der Waals surface area (Å²) in [5.41, 5.74) is 9.39. The van der Waals surface area contributed by atoms with Crippen LogP contribution in [0.1, 0.15) is 23.0 Å². The van der Waals surface area contributed by atoms with Crippen LogP contribution >= 0.6 is 0 Å². The molecule has 2 aromatic heterocycles. The zero-order valence-electron chi connectivity index (χ0n) is 17.7. The number of aromatic nitrogens is 5. The molecule has 0 unspecified atom stereocenters. The standard InChI is InChI=1S/C20H17N9O5/c1-2-33-15-5-3-4-13(10-15)17-16(23-27-28(17)19-18(21)25-34-26-19)20(30)24-22-11-12-6-8-14(9-7-12)29(31)32/h3-11H,2H2,1H3,(H2,21,25)(H,24,30)/b22-11+. The maximum atomic E-state index is 12.9. The van der Waals surface area contributed by atoms with Gasteiger partial charge in [0.15, 0.2) is 5.69 Å². The molecule has 0 aliphatic rings. The van der Waals surface area contributed by atoms with Crippen LogP contribution in [0.3, 0.4) is 0 Å². The minimum Gasteiger partial charge on any atom is -0.494 e. The number of nitrogens with two attached hydrogens (primary N) is 1. The molecule has 34 heavy (non-hydrogen) atoms. The summed E-state index contributed by atoms with van der Waals surface area (Å²) in [6, 6.07) is 12.6. The molecule has 172 valence electrons. The maximum absolute atomic E-state index is 12.9. The van der Waals surface area contributed by atoms with E-state index in [1.165, 1.54) is 35.2 Å². The Morgan fingerprint density at radius 1 is 1.29 bits per heavy atom. The van der Waals surface area contributed by atoms with Gasteiger partial charge in [-0.15, -0.1) is 5.10 Å². The van der Waals surface area contributed by atoms with Gasteiger partial charge in [0.05, 0.1) is 17.7 Å². The highest BCUT2D eigenvalue weighted by molar-refractivity contribution is 5.99. The van der Waals surface area contributed by atoms with Crippen LogP contribution in [0.25, 0.3) is 17.1 Å². The third kappa shape index (κ3) is 4.55. The number of nitrogen functional groups attached to an aromatic ring is 1. The molecular formula is C20H17N9O5. The first-order valence-electron chi connectivity index (χ1n) is 9.83. The fraction of sp³-hybridized carbons (Fsp3) is 0.100. The summed E-state index contributed by atoms with van der Waals surface area (Å²) in [6.45, 7) is 2.30. The molecule has 4 rings (SSSR count). The Hall–Kier alpha value is -5.14. The smallest absolute Gasteiger partial charge is 0.294 e. The second-order valence-electron chi connectivity index (χ2n) is 6.68. The molecule has 0 saturated heterocycles. The molecule has 3 N–H and O–H groups in total. The van der Waals surface area contributed by atoms with Gasteiger partial charge in [0.1, 0.15) is 11.4 Å². The topological polar surface area (TPSA) is 189 Å². The lowest BCUT2D eigenvalue weighted by molar-refractivity contribution is -0.384. The molecule has 0 fully saturated rings. The first-order valence-corrected chi connectivity index (χ1v) is 9.83. The van der Waals surface area contributed by atoms with E-state index in [1.807, 2.05) is 6.92 Å². The minimum atomic E-state index is -0.670. The van der Waals surface area contributed by atoms with Gasteiger partial charge >= 0.3 is 0 Å². The minimum absolute atomic E-state index is 0.0461. The highest BCUT2D eigenvalue weighted by atomic mass is 16.6. The number of carbonyl (C=O) groups is 1. The molecule has 1 amide bonds. The maximum Gasteiger partial charge on any atom is 0.294 e. The fourth-order valence-corrected chi connectivity index (χ4v) is 2.98. The van der Waals surface area contributed by atoms with Crippen molar-refractivity contribution < 1.29 is 19.1 Å². The Balaban J connectivity index is 1.65. The summed E-state index contributed by atoms with van der Waals surface area (Å²) in [5.74, 6) is -0.0918. The first-order chi connectivity index (χ1) is 16.5. The van der Waals surface area contributed by atoms with E-state index < -0.39 is 10.8 Å². The Kier molecular flexibility index (Phi) is 6.20. The number of nitrogens with one attached hydrogen (secondary N) is 1. The lowest BCUT2D eigenvalue weighted by Crippen LogP contribution is -2.19. The number of anilines is 1. The summed E-state index contributed by atoms with van der Waals surface area (Å²) in [4.78, 5) is 23.1. The third-order valence-corrected chi connectivity index (χ3v) is 4.48. The van der Waals surface area contributed by atoms with Crippen LogP contribution in [0.4, 0.5) is 11.5 Å². The monoisotopic (exact) mass is 463 g/mol. The van der Waals surface area contributed by atoms with Crippen molar-refractivity contribution in [3.8, 4) is 22.8 Å². The van der Waals surface area contributed by atoms with Crippen LogP contribution in [-0.2, 0) is 0 Å². The van der Waals surface area contributed by atoms with Gasteiger partial charge in [-0.3, -0.25) is 14.9 Å². The molecule has 0 bridgehead atoms. The number of ether oxygens (including phenoxy) is 1. The summed E-state index contributed by atoms with van der Waals surface area (Å²) >= 11 is 0. The second kappa shape index (κ2) is 9.56. The molecule has 4 aromatic rings. The summed E-state index contributed by atoms with van der Waals surface area (Å²) in [5, 5.41) is 29.9. The molecular weight excluding hydrogens is 446 g/mol. The van der Waals surface area contributed by atoms with Crippen LogP contribution in [0.5, 0.6) is 5.75 Å². The molecule has 0 atom stereocenters. The number of non-ortho nitro benzene ring substituents is 1. The van der Waals surface area contributed by atoms with E-state index in [-0.39, 0.29) is 28.7 Å². The molecule has 0 saturated carbocycles. The van der Waals surface area contributed by atoms with Crippen molar-refractivity contribution >= 4 is 23.6 Å². The zero-order chi connectivity index (χ0) is 24.1. The van der Waals surface area contributed by atoms with Crippen LogP contribution in [0.2, 0.25) is 0 Å². The average molecular weight is 463 g/mol. The van der Waals surface area contributed by atoms with Gasteiger partial charge in [0.25, 0.3) is 11.6 Å². The van der Waals surface area contributed by atoms with Crippen molar-refractivity contribution in [1.29, 1.82) is 0 Å². The molecule has 2 aromatic carbocycles. The Labute approximate surface area is 191 Å². The predicted octanol–water partition coefficient (Wildman–Crippen LogP) is 1.97. The van der Waals surface area contributed by atoms with E-state index in [4.69, 9.17) is 10.5 Å². The molecule has 14 heteroatoms. The van der Waals surface area contributed by atoms with E-state index in [9.17, 15) is 14.9 Å². The van der Waals surface area contributed by atoms with Gasteiger partial charge in [-0.25, -0.2) is 10.1 Å². The van der Waals surface area contributed by atoms with E-state index >= 15 is 0 Å². The number of hydrazone groups is 1. The average Bonchev–Trinajstić information content (AvgIpc) is 3.45. The lowest BCUT2D eigenvalue weighted by Gasteiger charge is -2.08. The van der Waals surface area contributed by atoms with Crippen molar-refractivity contribution in [3.05, 3.63) is 69.9 Å². The van der Waals surface area contributed by atoms with Gasteiger partial charge in [-0.1, -0.05) is 17.3 Å². The van der Waals surface area contributed by atoms with Crippen LogP contribution in [0.15, 0.2) is 58.3 Å². The van der Waals surface area contributed by atoms with Gasteiger partial charge in [-0.05, 0) is 47.1 Å². The van der Waals surface area contributed by atoms with Crippen LogP contribution in [-0.4, -0.2) is 49.0 Å². The van der Waals surface area contributed by atoms with Crippen LogP contribution in [0, 0.1) is 10.1 Å². The number of nitrogens with zero attached hydrogens (tertiary/aromatic N) is 7. The lowest BCUT2D eigenvalue weighted by atomic mass is 10.1.